The van der Waals surface area contributed by atoms with Gasteiger partial charge in [-0.15, -0.1) is 0 Å². The molecule has 2 nitrogen and oxygen atoms in total. The van der Waals surface area contributed by atoms with Gasteiger partial charge >= 0.3 is 6.18 Å². The summed E-state index contributed by atoms with van der Waals surface area (Å²) < 4.78 is 38.0. The lowest BCUT2D eigenvalue weighted by molar-refractivity contribution is -0.137. The molecule has 0 heterocycles. The SMILES string of the molecule is CCC(CC)C(N)CNc1ccc(C(F)(F)F)cc1Br. The zero-order chi connectivity index (χ0) is 15.3. The summed E-state index contributed by atoms with van der Waals surface area (Å²) >= 11 is 3.16. The standard InChI is InChI=1S/C14H20BrF3N2/c1-3-9(4-2)12(19)8-20-13-6-5-10(7-11(13)15)14(16,17)18/h5-7,9,12,20H,3-4,8,19H2,1-2H3. The van der Waals surface area contributed by atoms with Crippen LogP contribution in [-0.4, -0.2) is 12.6 Å². The molecule has 1 aromatic carbocycles. The van der Waals surface area contributed by atoms with Gasteiger partial charge in [-0.2, -0.15) is 13.2 Å². The third-order valence-corrected chi connectivity index (χ3v) is 4.13. The second kappa shape index (κ2) is 7.31. The van der Waals surface area contributed by atoms with E-state index in [-0.39, 0.29) is 6.04 Å². The van der Waals surface area contributed by atoms with Gasteiger partial charge in [-0.25, -0.2) is 0 Å². The molecule has 0 saturated heterocycles. The molecule has 0 saturated carbocycles. The van der Waals surface area contributed by atoms with E-state index >= 15 is 0 Å². The number of benzene rings is 1. The van der Waals surface area contributed by atoms with Crippen LogP contribution in [0.1, 0.15) is 32.3 Å². The van der Waals surface area contributed by atoms with E-state index < -0.39 is 11.7 Å². The summed E-state index contributed by atoms with van der Waals surface area (Å²) in [5.41, 5.74) is 6.04. The van der Waals surface area contributed by atoms with Crippen molar-refractivity contribution in [1.29, 1.82) is 0 Å². The van der Waals surface area contributed by atoms with E-state index in [9.17, 15) is 13.2 Å². The third-order valence-electron chi connectivity index (χ3n) is 3.48. The normalized spacial score (nSPS) is 13.6. The average Bonchev–Trinajstić information content (AvgIpc) is 2.37. The maximum Gasteiger partial charge on any atom is 0.416 e. The van der Waals surface area contributed by atoms with Gasteiger partial charge in [-0.1, -0.05) is 26.7 Å². The lowest BCUT2D eigenvalue weighted by atomic mass is 9.95. The van der Waals surface area contributed by atoms with Crippen molar-refractivity contribution in [2.24, 2.45) is 11.7 Å². The smallest absolute Gasteiger partial charge is 0.383 e. The van der Waals surface area contributed by atoms with Crippen LogP contribution in [0.25, 0.3) is 0 Å². The first-order valence-electron chi connectivity index (χ1n) is 6.65. The number of anilines is 1. The molecule has 20 heavy (non-hydrogen) atoms. The second-order valence-corrected chi connectivity index (χ2v) is 5.67. The highest BCUT2D eigenvalue weighted by Crippen LogP contribution is 2.33. The summed E-state index contributed by atoms with van der Waals surface area (Å²) in [5.74, 6) is 0.413. The minimum absolute atomic E-state index is 0.0146. The molecule has 1 rings (SSSR count). The molecule has 0 aliphatic carbocycles. The lowest BCUT2D eigenvalue weighted by Crippen LogP contribution is -2.36. The predicted molar refractivity (Wildman–Crippen MR) is 79.7 cm³/mol. The topological polar surface area (TPSA) is 38.0 Å². The monoisotopic (exact) mass is 352 g/mol. The maximum absolute atomic E-state index is 12.5. The number of halogens is 4. The molecule has 6 heteroatoms. The first kappa shape index (κ1) is 17.3. The highest BCUT2D eigenvalue weighted by atomic mass is 79.9. The van der Waals surface area contributed by atoms with E-state index in [4.69, 9.17) is 5.73 Å². The van der Waals surface area contributed by atoms with Crippen molar-refractivity contribution in [2.45, 2.75) is 38.9 Å². The second-order valence-electron chi connectivity index (χ2n) is 4.81. The number of nitrogens with two attached hydrogens (primary N) is 1. The fraction of sp³-hybridized carbons (Fsp3) is 0.571. The number of hydrogen-bond acceptors (Lipinski definition) is 2. The highest BCUT2D eigenvalue weighted by molar-refractivity contribution is 9.10. The molecule has 0 aliphatic heterocycles. The first-order valence-corrected chi connectivity index (χ1v) is 7.45. The zero-order valence-electron chi connectivity index (χ0n) is 11.6. The molecular weight excluding hydrogens is 333 g/mol. The van der Waals surface area contributed by atoms with Crippen molar-refractivity contribution in [3.63, 3.8) is 0 Å². The molecule has 0 aromatic heterocycles. The number of rotatable bonds is 6. The lowest BCUT2D eigenvalue weighted by Gasteiger charge is -2.22. The summed E-state index contributed by atoms with van der Waals surface area (Å²) in [6, 6.07) is 3.55. The van der Waals surface area contributed by atoms with Crippen LogP contribution in [0.5, 0.6) is 0 Å². The van der Waals surface area contributed by atoms with Gasteiger partial charge in [0.25, 0.3) is 0 Å². The Hall–Kier alpha value is -0.750. The van der Waals surface area contributed by atoms with Crippen LogP contribution >= 0.6 is 15.9 Å². The summed E-state index contributed by atoms with van der Waals surface area (Å²) in [5, 5.41) is 3.10. The van der Waals surface area contributed by atoms with Crippen LogP contribution in [0.15, 0.2) is 22.7 Å². The minimum Gasteiger partial charge on any atom is -0.383 e. The van der Waals surface area contributed by atoms with Crippen molar-refractivity contribution >= 4 is 21.6 Å². The van der Waals surface area contributed by atoms with E-state index in [1.165, 1.54) is 6.07 Å². The molecule has 0 radical (unpaired) electrons. The van der Waals surface area contributed by atoms with Crippen molar-refractivity contribution in [2.75, 3.05) is 11.9 Å². The van der Waals surface area contributed by atoms with Gasteiger partial charge in [-0.3, -0.25) is 0 Å². The Bertz CT molecular complexity index is 431. The maximum atomic E-state index is 12.5. The largest absolute Gasteiger partial charge is 0.416 e. The molecule has 0 amide bonds. The Morgan fingerprint density at radius 2 is 1.85 bits per heavy atom. The number of nitrogens with one attached hydrogen (secondary N) is 1. The number of alkyl halides is 3. The van der Waals surface area contributed by atoms with Crippen LogP contribution in [0, 0.1) is 5.92 Å². The Kier molecular flexibility index (Phi) is 6.33. The first-order chi connectivity index (χ1) is 9.29. The minimum atomic E-state index is -4.33. The highest BCUT2D eigenvalue weighted by Gasteiger charge is 2.30. The van der Waals surface area contributed by atoms with Gasteiger partial charge in [-0.05, 0) is 40.0 Å². The molecule has 0 fully saturated rings. The van der Waals surface area contributed by atoms with E-state index in [2.05, 4.69) is 35.1 Å². The quantitative estimate of drug-likeness (QED) is 0.782. The van der Waals surface area contributed by atoms with E-state index in [0.29, 0.717) is 22.6 Å². The molecule has 1 unspecified atom stereocenters. The zero-order valence-corrected chi connectivity index (χ0v) is 13.2. The fourth-order valence-electron chi connectivity index (χ4n) is 2.12. The molecule has 1 aromatic rings. The Labute approximate surface area is 126 Å². The predicted octanol–water partition coefficient (Wildman–Crippen LogP) is 4.64. The molecule has 114 valence electrons. The van der Waals surface area contributed by atoms with Crippen LogP contribution in [0.2, 0.25) is 0 Å². The van der Waals surface area contributed by atoms with Gasteiger partial charge in [0.05, 0.1) is 5.56 Å². The molecule has 1 atom stereocenters. The molecule has 3 N–H and O–H groups in total. The van der Waals surface area contributed by atoms with E-state index in [1.54, 1.807) is 0 Å². The van der Waals surface area contributed by atoms with Crippen LogP contribution < -0.4 is 11.1 Å². The van der Waals surface area contributed by atoms with Crippen molar-refractivity contribution < 1.29 is 13.2 Å². The van der Waals surface area contributed by atoms with Gasteiger partial charge in [0.15, 0.2) is 0 Å². The van der Waals surface area contributed by atoms with Crippen molar-refractivity contribution in [1.82, 2.24) is 0 Å². The molecule has 0 aliphatic rings. The Balaban J connectivity index is 2.70. The summed E-state index contributed by atoms with van der Waals surface area (Å²) in [7, 11) is 0. The number of hydrogen-bond donors (Lipinski definition) is 2. The fourth-order valence-corrected chi connectivity index (χ4v) is 2.64. The third kappa shape index (κ3) is 4.66. The summed E-state index contributed by atoms with van der Waals surface area (Å²) in [6.07, 6.45) is -2.34. The van der Waals surface area contributed by atoms with Gasteiger partial charge in [0.2, 0.25) is 0 Å². The van der Waals surface area contributed by atoms with Gasteiger partial charge in [0, 0.05) is 22.7 Å². The Morgan fingerprint density at radius 1 is 1.25 bits per heavy atom. The van der Waals surface area contributed by atoms with Gasteiger partial charge in [0.1, 0.15) is 0 Å². The summed E-state index contributed by atoms with van der Waals surface area (Å²) in [6.45, 7) is 4.71. The van der Waals surface area contributed by atoms with E-state index in [1.807, 2.05) is 0 Å². The average molecular weight is 353 g/mol. The molecule has 0 spiro atoms. The van der Waals surface area contributed by atoms with E-state index in [0.717, 1.165) is 25.0 Å². The van der Waals surface area contributed by atoms with Crippen molar-refractivity contribution in [3.8, 4) is 0 Å². The molecule has 0 bridgehead atoms. The Morgan fingerprint density at radius 3 is 2.30 bits per heavy atom. The van der Waals surface area contributed by atoms with Crippen LogP contribution in [0.3, 0.4) is 0 Å². The van der Waals surface area contributed by atoms with Crippen molar-refractivity contribution in [3.05, 3.63) is 28.2 Å². The van der Waals surface area contributed by atoms with Crippen LogP contribution in [-0.2, 0) is 6.18 Å². The van der Waals surface area contributed by atoms with Crippen LogP contribution in [0.4, 0.5) is 18.9 Å². The van der Waals surface area contributed by atoms with Gasteiger partial charge < -0.3 is 11.1 Å². The molecular formula is C14H20BrF3N2. The summed E-state index contributed by atoms with van der Waals surface area (Å²) in [4.78, 5) is 0.